The van der Waals surface area contributed by atoms with Crippen molar-refractivity contribution in [3.05, 3.63) is 0 Å². The summed E-state index contributed by atoms with van der Waals surface area (Å²) in [6, 6.07) is 0. The highest BCUT2D eigenvalue weighted by atomic mass is 35.5. The minimum absolute atomic E-state index is 0.140. The van der Waals surface area contributed by atoms with Crippen molar-refractivity contribution in [3.8, 4) is 0 Å². The maximum atomic E-state index is 11.8. The van der Waals surface area contributed by atoms with Gasteiger partial charge in [-0.25, -0.2) is 8.42 Å². The van der Waals surface area contributed by atoms with Gasteiger partial charge in [0.1, 0.15) is 0 Å². The molecule has 0 saturated carbocycles. The number of nitrogens with zero attached hydrogens (tertiary/aromatic N) is 1. The lowest BCUT2D eigenvalue weighted by Crippen LogP contribution is -2.35. The van der Waals surface area contributed by atoms with Gasteiger partial charge < -0.3 is 4.90 Å². The third-order valence-corrected chi connectivity index (χ3v) is 5.39. The first kappa shape index (κ1) is 16.2. The fourth-order valence-electron chi connectivity index (χ4n) is 1.09. The number of hydrogen-bond donors (Lipinski definition) is 0. The van der Waals surface area contributed by atoms with Crippen molar-refractivity contribution >= 4 is 21.4 Å². The molecule has 16 heavy (non-hydrogen) atoms. The first-order chi connectivity index (χ1) is 7.06. The number of hydrogen-bond acceptors (Lipinski definition) is 3. The molecule has 1 atom stereocenters. The summed E-state index contributed by atoms with van der Waals surface area (Å²) in [4.78, 5) is 2.02. The Morgan fingerprint density at radius 2 is 1.75 bits per heavy atom. The molecule has 0 heterocycles. The lowest BCUT2D eigenvalue weighted by Gasteiger charge is -2.22. The molecule has 0 aromatic heterocycles. The van der Waals surface area contributed by atoms with Gasteiger partial charge in [-0.2, -0.15) is 0 Å². The molecule has 0 radical (unpaired) electrons. The molecule has 0 spiro atoms. The average Bonchev–Trinajstić information content (AvgIpc) is 2.09. The second kappa shape index (κ2) is 6.22. The van der Waals surface area contributed by atoms with Gasteiger partial charge in [-0.3, -0.25) is 0 Å². The number of halogens is 1. The highest BCUT2D eigenvalue weighted by Gasteiger charge is 2.28. The third-order valence-electron chi connectivity index (χ3n) is 2.58. The lowest BCUT2D eigenvalue weighted by atomic mass is 10.3. The van der Waals surface area contributed by atoms with E-state index in [1.54, 1.807) is 20.8 Å². The van der Waals surface area contributed by atoms with Crippen molar-refractivity contribution in [2.24, 2.45) is 0 Å². The largest absolute Gasteiger partial charge is 0.305 e. The zero-order chi connectivity index (χ0) is 13.0. The summed E-state index contributed by atoms with van der Waals surface area (Å²) in [6.45, 7) is 8.57. The van der Waals surface area contributed by atoms with Crippen LogP contribution in [0, 0.1) is 0 Å². The normalized spacial score (nSPS) is 15.4. The molecule has 0 aliphatic heterocycles. The van der Waals surface area contributed by atoms with Crippen LogP contribution in [0.3, 0.4) is 0 Å². The molecule has 5 heteroatoms. The maximum Gasteiger partial charge on any atom is 0.156 e. The van der Waals surface area contributed by atoms with Crippen molar-refractivity contribution < 1.29 is 8.42 Å². The van der Waals surface area contributed by atoms with E-state index in [-0.39, 0.29) is 11.1 Å². The SMILES string of the molecule is CC(Cl)CCN(C)CCS(=O)(=O)C(C)(C)C. The Kier molecular flexibility index (Phi) is 6.30. The lowest BCUT2D eigenvalue weighted by molar-refractivity contribution is 0.346. The summed E-state index contributed by atoms with van der Waals surface area (Å²) >= 11 is 5.84. The smallest absolute Gasteiger partial charge is 0.156 e. The van der Waals surface area contributed by atoms with Crippen LogP contribution < -0.4 is 0 Å². The van der Waals surface area contributed by atoms with Gasteiger partial charge in [0.2, 0.25) is 0 Å². The predicted molar refractivity (Wildman–Crippen MR) is 71.0 cm³/mol. The molecule has 0 fully saturated rings. The molecule has 0 amide bonds. The van der Waals surface area contributed by atoms with Crippen LogP contribution in [0.25, 0.3) is 0 Å². The maximum absolute atomic E-state index is 11.8. The second-order valence-electron chi connectivity index (χ2n) is 5.30. The van der Waals surface area contributed by atoms with Gasteiger partial charge in [0.25, 0.3) is 0 Å². The average molecular weight is 270 g/mol. The van der Waals surface area contributed by atoms with Gasteiger partial charge in [-0.1, -0.05) is 0 Å². The van der Waals surface area contributed by atoms with Crippen LogP contribution in [0.5, 0.6) is 0 Å². The van der Waals surface area contributed by atoms with Gasteiger partial charge in [0.05, 0.1) is 10.5 Å². The number of alkyl halides is 1. The summed E-state index contributed by atoms with van der Waals surface area (Å²) < 4.78 is 23.0. The Labute approximate surface area is 105 Å². The zero-order valence-electron chi connectivity index (χ0n) is 11.0. The minimum atomic E-state index is -3.01. The van der Waals surface area contributed by atoms with E-state index in [9.17, 15) is 8.42 Å². The van der Waals surface area contributed by atoms with E-state index in [0.29, 0.717) is 6.54 Å². The highest BCUT2D eigenvalue weighted by molar-refractivity contribution is 7.92. The molecule has 98 valence electrons. The Balaban J connectivity index is 4.07. The summed E-state index contributed by atoms with van der Waals surface area (Å²) in [5.41, 5.74) is 0. The van der Waals surface area contributed by atoms with E-state index in [4.69, 9.17) is 11.6 Å². The molecular weight excluding hydrogens is 246 g/mol. The molecule has 0 aromatic rings. The first-order valence-corrected chi connectivity index (χ1v) is 7.70. The van der Waals surface area contributed by atoms with Gasteiger partial charge in [0.15, 0.2) is 9.84 Å². The second-order valence-corrected chi connectivity index (χ2v) is 8.91. The van der Waals surface area contributed by atoms with Crippen LogP contribution in [0.1, 0.15) is 34.1 Å². The van der Waals surface area contributed by atoms with Gasteiger partial charge in [0, 0.05) is 11.9 Å². The molecule has 0 N–H and O–H groups in total. The molecule has 0 bridgehead atoms. The van der Waals surface area contributed by atoms with Gasteiger partial charge in [-0.05, 0) is 47.7 Å². The fraction of sp³-hybridized carbons (Fsp3) is 1.00. The Hall–Kier alpha value is 0.200. The van der Waals surface area contributed by atoms with Crippen molar-refractivity contribution in [2.45, 2.75) is 44.2 Å². The van der Waals surface area contributed by atoms with Crippen LogP contribution in [0.4, 0.5) is 0 Å². The Morgan fingerprint density at radius 3 is 2.12 bits per heavy atom. The van der Waals surface area contributed by atoms with Gasteiger partial charge >= 0.3 is 0 Å². The van der Waals surface area contributed by atoms with E-state index in [2.05, 4.69) is 0 Å². The van der Waals surface area contributed by atoms with E-state index in [0.717, 1.165) is 13.0 Å². The molecule has 3 nitrogen and oxygen atoms in total. The molecule has 0 rings (SSSR count). The molecule has 0 saturated heterocycles. The van der Waals surface area contributed by atoms with Crippen molar-refractivity contribution in [2.75, 3.05) is 25.9 Å². The van der Waals surface area contributed by atoms with Crippen molar-refractivity contribution in [3.63, 3.8) is 0 Å². The minimum Gasteiger partial charge on any atom is -0.305 e. The van der Waals surface area contributed by atoms with Crippen LogP contribution >= 0.6 is 11.6 Å². The topological polar surface area (TPSA) is 37.4 Å². The summed E-state index contributed by atoms with van der Waals surface area (Å²) in [6.07, 6.45) is 0.883. The van der Waals surface area contributed by atoms with Crippen LogP contribution in [0.2, 0.25) is 0 Å². The molecular formula is C11H24ClNO2S. The van der Waals surface area contributed by atoms with E-state index in [1.807, 2.05) is 18.9 Å². The summed E-state index contributed by atoms with van der Waals surface area (Å²) in [5.74, 6) is 0.212. The first-order valence-electron chi connectivity index (χ1n) is 5.61. The molecule has 0 aromatic carbocycles. The van der Waals surface area contributed by atoms with Gasteiger partial charge in [-0.15, -0.1) is 11.6 Å². The molecule has 0 aliphatic rings. The van der Waals surface area contributed by atoms with Crippen LogP contribution in [0.15, 0.2) is 0 Å². The Morgan fingerprint density at radius 1 is 1.25 bits per heavy atom. The third kappa shape index (κ3) is 6.06. The summed E-state index contributed by atoms with van der Waals surface area (Å²) in [5, 5.41) is 0.140. The fourth-order valence-corrected chi connectivity index (χ4v) is 2.35. The van der Waals surface area contributed by atoms with Crippen molar-refractivity contribution in [1.82, 2.24) is 4.90 Å². The number of rotatable bonds is 6. The van der Waals surface area contributed by atoms with Crippen LogP contribution in [-0.4, -0.2) is 49.3 Å². The highest BCUT2D eigenvalue weighted by Crippen LogP contribution is 2.15. The standard InChI is InChI=1S/C11H24ClNO2S/c1-10(12)6-7-13(5)8-9-16(14,15)11(2,3)4/h10H,6-9H2,1-5H3. The van der Waals surface area contributed by atoms with Crippen molar-refractivity contribution in [1.29, 1.82) is 0 Å². The monoisotopic (exact) mass is 269 g/mol. The molecule has 0 aliphatic carbocycles. The summed E-state index contributed by atoms with van der Waals surface area (Å²) in [7, 11) is -1.08. The van der Waals surface area contributed by atoms with E-state index < -0.39 is 14.6 Å². The quantitative estimate of drug-likeness (QED) is 0.694. The predicted octanol–water partition coefficient (Wildman–Crippen LogP) is 2.15. The van der Waals surface area contributed by atoms with Crippen LogP contribution in [-0.2, 0) is 9.84 Å². The molecule has 1 unspecified atom stereocenters. The van der Waals surface area contributed by atoms with E-state index in [1.165, 1.54) is 0 Å². The Bertz CT molecular complexity index is 294. The van der Waals surface area contributed by atoms with E-state index >= 15 is 0 Å². The number of sulfone groups is 1. The zero-order valence-corrected chi connectivity index (χ0v) is 12.5.